The first kappa shape index (κ1) is 15.6. The van der Waals surface area contributed by atoms with Gasteiger partial charge in [-0.3, -0.25) is 4.99 Å². The lowest BCUT2D eigenvalue weighted by Crippen LogP contribution is -2.11. The van der Waals surface area contributed by atoms with Gasteiger partial charge in [-0.05, 0) is 35.2 Å². The first-order valence-electron chi connectivity index (χ1n) is 7.50. The van der Waals surface area contributed by atoms with Crippen LogP contribution in [0.25, 0.3) is 10.9 Å². The number of aliphatic imine (C=N–C) groups is 1. The van der Waals surface area contributed by atoms with Gasteiger partial charge in [0.25, 0.3) is 0 Å². The minimum absolute atomic E-state index is 0.000496. The van der Waals surface area contributed by atoms with Gasteiger partial charge in [-0.15, -0.1) is 0 Å². The van der Waals surface area contributed by atoms with Crippen LogP contribution in [0.5, 0.6) is 5.88 Å². The van der Waals surface area contributed by atoms with Gasteiger partial charge in [0.2, 0.25) is 0 Å². The summed E-state index contributed by atoms with van der Waals surface area (Å²) in [5.41, 5.74) is 3.53. The normalized spacial score (nSPS) is 12.3. The highest BCUT2D eigenvalue weighted by molar-refractivity contribution is 6.31. The van der Waals surface area contributed by atoms with Gasteiger partial charge in [0.15, 0.2) is 5.88 Å². The van der Waals surface area contributed by atoms with E-state index >= 15 is 0 Å². The van der Waals surface area contributed by atoms with Crippen molar-refractivity contribution in [2.24, 2.45) is 4.99 Å². The number of nitrogens with zero attached hydrogens (tertiary/aromatic N) is 1. The van der Waals surface area contributed by atoms with E-state index in [4.69, 9.17) is 11.6 Å². The number of para-hydroxylation sites is 1. The van der Waals surface area contributed by atoms with Crippen LogP contribution in [0.4, 0.5) is 5.69 Å². The summed E-state index contributed by atoms with van der Waals surface area (Å²) < 4.78 is 0. The third kappa shape index (κ3) is 3.10. The van der Waals surface area contributed by atoms with Gasteiger partial charge in [0, 0.05) is 22.1 Å². The van der Waals surface area contributed by atoms with E-state index in [1.165, 1.54) is 0 Å². The number of aromatic amines is 1. The number of halogens is 1. The molecular formula is C19H19ClN2O. The molecule has 0 radical (unpaired) electrons. The Bertz CT molecular complexity index is 888. The SMILES string of the molecule is CC(C)(C)c1ccccc1N=Cc1c(O)[nH]c2ccc(Cl)cc12. The largest absolute Gasteiger partial charge is 0.494 e. The van der Waals surface area contributed by atoms with Crippen LogP contribution in [0.15, 0.2) is 47.5 Å². The fraction of sp³-hybridized carbons (Fsp3) is 0.211. The summed E-state index contributed by atoms with van der Waals surface area (Å²) in [6.07, 6.45) is 1.69. The first-order chi connectivity index (χ1) is 10.9. The van der Waals surface area contributed by atoms with Gasteiger partial charge in [0.05, 0.1) is 11.3 Å². The van der Waals surface area contributed by atoms with E-state index in [0.29, 0.717) is 10.6 Å². The smallest absolute Gasteiger partial charge is 0.198 e. The fourth-order valence-corrected chi connectivity index (χ4v) is 2.83. The maximum Gasteiger partial charge on any atom is 0.198 e. The standard InChI is InChI=1S/C19H19ClN2O/c1-19(2,3)15-6-4-5-7-17(15)21-11-14-13-10-12(20)8-9-16(13)22-18(14)23/h4-11,22-23H,1-3H3. The Kier molecular flexibility index (Phi) is 3.90. The van der Waals surface area contributed by atoms with Gasteiger partial charge in [-0.1, -0.05) is 50.6 Å². The minimum Gasteiger partial charge on any atom is -0.494 e. The van der Waals surface area contributed by atoms with Crippen molar-refractivity contribution in [2.75, 3.05) is 0 Å². The second kappa shape index (κ2) is 5.74. The molecule has 0 aliphatic heterocycles. The second-order valence-electron chi connectivity index (χ2n) is 6.60. The van der Waals surface area contributed by atoms with Crippen LogP contribution in [0.3, 0.4) is 0 Å². The lowest BCUT2D eigenvalue weighted by atomic mass is 9.86. The van der Waals surface area contributed by atoms with E-state index in [0.717, 1.165) is 22.2 Å². The quantitative estimate of drug-likeness (QED) is 0.594. The van der Waals surface area contributed by atoms with E-state index in [9.17, 15) is 5.11 Å². The predicted molar refractivity (Wildman–Crippen MR) is 97.4 cm³/mol. The number of hydrogen-bond donors (Lipinski definition) is 2. The van der Waals surface area contributed by atoms with Crippen molar-refractivity contribution in [2.45, 2.75) is 26.2 Å². The molecule has 118 valence electrons. The van der Waals surface area contributed by atoms with Crippen molar-refractivity contribution in [3.8, 4) is 5.88 Å². The van der Waals surface area contributed by atoms with Crippen molar-refractivity contribution in [1.82, 2.24) is 4.98 Å². The van der Waals surface area contributed by atoms with E-state index in [1.807, 2.05) is 30.3 Å². The lowest BCUT2D eigenvalue weighted by Gasteiger charge is -2.20. The van der Waals surface area contributed by atoms with Crippen LogP contribution in [0.1, 0.15) is 31.9 Å². The minimum atomic E-state index is -0.000496. The zero-order valence-corrected chi connectivity index (χ0v) is 14.1. The molecule has 2 aromatic carbocycles. The van der Waals surface area contributed by atoms with Crippen LogP contribution in [-0.2, 0) is 5.41 Å². The molecule has 0 aliphatic carbocycles. The molecule has 4 heteroatoms. The van der Waals surface area contributed by atoms with Crippen LogP contribution in [0, 0.1) is 0 Å². The molecule has 0 atom stereocenters. The highest BCUT2D eigenvalue weighted by Gasteiger charge is 2.17. The molecule has 0 fully saturated rings. The van der Waals surface area contributed by atoms with Crippen LogP contribution < -0.4 is 0 Å². The molecule has 0 amide bonds. The molecule has 3 aromatic rings. The summed E-state index contributed by atoms with van der Waals surface area (Å²) in [6.45, 7) is 6.47. The molecule has 0 saturated heterocycles. The number of benzene rings is 2. The van der Waals surface area contributed by atoms with Crippen molar-refractivity contribution in [3.05, 3.63) is 58.6 Å². The third-order valence-electron chi connectivity index (χ3n) is 3.82. The van der Waals surface area contributed by atoms with Gasteiger partial charge >= 0.3 is 0 Å². The number of rotatable bonds is 2. The Labute approximate surface area is 140 Å². The zero-order valence-electron chi connectivity index (χ0n) is 13.4. The molecule has 0 unspecified atom stereocenters. The highest BCUT2D eigenvalue weighted by Crippen LogP contribution is 2.32. The van der Waals surface area contributed by atoms with Crippen molar-refractivity contribution < 1.29 is 5.11 Å². The summed E-state index contributed by atoms with van der Waals surface area (Å²) in [6, 6.07) is 13.5. The molecule has 23 heavy (non-hydrogen) atoms. The second-order valence-corrected chi connectivity index (χ2v) is 7.04. The Morgan fingerprint density at radius 2 is 1.87 bits per heavy atom. The number of H-pyrrole nitrogens is 1. The Morgan fingerprint density at radius 3 is 2.61 bits per heavy atom. The van der Waals surface area contributed by atoms with E-state index in [1.54, 1.807) is 12.3 Å². The van der Waals surface area contributed by atoms with E-state index in [-0.39, 0.29) is 11.3 Å². The van der Waals surface area contributed by atoms with E-state index in [2.05, 4.69) is 36.8 Å². The molecule has 0 spiro atoms. The molecule has 3 nitrogen and oxygen atoms in total. The van der Waals surface area contributed by atoms with Gasteiger partial charge in [-0.25, -0.2) is 0 Å². The summed E-state index contributed by atoms with van der Waals surface area (Å²) >= 11 is 6.06. The monoisotopic (exact) mass is 326 g/mol. The maximum absolute atomic E-state index is 10.1. The molecule has 1 aromatic heterocycles. The molecule has 3 rings (SSSR count). The van der Waals surface area contributed by atoms with Crippen molar-refractivity contribution in [1.29, 1.82) is 0 Å². The molecule has 2 N–H and O–H groups in total. The predicted octanol–water partition coefficient (Wildman–Crippen LogP) is 5.58. The van der Waals surface area contributed by atoms with Crippen LogP contribution in [-0.4, -0.2) is 16.3 Å². The average molecular weight is 327 g/mol. The maximum atomic E-state index is 10.1. The van der Waals surface area contributed by atoms with Crippen molar-refractivity contribution >= 4 is 34.4 Å². The summed E-state index contributed by atoms with van der Waals surface area (Å²) in [7, 11) is 0. The number of aromatic hydroxyl groups is 1. The lowest BCUT2D eigenvalue weighted by molar-refractivity contribution is 0.457. The zero-order chi connectivity index (χ0) is 16.6. The molecular weight excluding hydrogens is 308 g/mol. The topological polar surface area (TPSA) is 48.4 Å². The van der Waals surface area contributed by atoms with E-state index < -0.39 is 0 Å². The Balaban J connectivity index is 2.08. The fourth-order valence-electron chi connectivity index (χ4n) is 2.66. The summed E-state index contributed by atoms with van der Waals surface area (Å²) in [4.78, 5) is 7.55. The number of hydrogen-bond acceptors (Lipinski definition) is 2. The van der Waals surface area contributed by atoms with Crippen LogP contribution in [0.2, 0.25) is 5.02 Å². The highest BCUT2D eigenvalue weighted by atomic mass is 35.5. The van der Waals surface area contributed by atoms with Crippen molar-refractivity contribution in [3.63, 3.8) is 0 Å². The van der Waals surface area contributed by atoms with Crippen LogP contribution >= 0.6 is 11.6 Å². The number of fused-ring (bicyclic) bond motifs is 1. The Hall–Kier alpha value is -2.26. The number of nitrogens with one attached hydrogen (secondary N) is 1. The Morgan fingerprint density at radius 1 is 1.13 bits per heavy atom. The van der Waals surface area contributed by atoms with Gasteiger partial charge in [0.1, 0.15) is 0 Å². The summed E-state index contributed by atoms with van der Waals surface area (Å²) in [5, 5.41) is 11.6. The number of aromatic nitrogens is 1. The summed E-state index contributed by atoms with van der Waals surface area (Å²) in [5.74, 6) is 0.0965. The molecule has 0 aliphatic rings. The molecule has 1 heterocycles. The third-order valence-corrected chi connectivity index (χ3v) is 4.06. The van der Waals surface area contributed by atoms with Gasteiger partial charge in [-0.2, -0.15) is 0 Å². The molecule has 0 bridgehead atoms. The first-order valence-corrected chi connectivity index (χ1v) is 7.88. The van der Waals surface area contributed by atoms with Gasteiger partial charge < -0.3 is 10.1 Å². The average Bonchev–Trinajstić information content (AvgIpc) is 2.79. The molecule has 0 saturated carbocycles.